The van der Waals surface area contributed by atoms with E-state index in [4.69, 9.17) is 22.7 Å². The van der Waals surface area contributed by atoms with Crippen molar-refractivity contribution in [1.82, 2.24) is 10.2 Å². The number of hydrogen-bond donors (Lipinski definition) is 2. The molecule has 1 heterocycles. The number of urea groups is 1. The average molecular weight is 293 g/mol. The minimum absolute atomic E-state index is 0.0637. The number of hydrogen-bond acceptors (Lipinski definition) is 4. The van der Waals surface area contributed by atoms with E-state index in [-0.39, 0.29) is 17.4 Å². The van der Waals surface area contributed by atoms with Crippen molar-refractivity contribution < 1.29 is 14.3 Å². The van der Waals surface area contributed by atoms with Crippen LogP contribution < -0.4 is 15.8 Å². The van der Waals surface area contributed by atoms with Crippen LogP contribution >= 0.6 is 12.2 Å². The number of imide groups is 1. The van der Waals surface area contributed by atoms with Crippen LogP contribution in [0.2, 0.25) is 0 Å². The van der Waals surface area contributed by atoms with Crippen molar-refractivity contribution in [3.63, 3.8) is 0 Å². The summed E-state index contributed by atoms with van der Waals surface area (Å²) >= 11 is 4.75. The van der Waals surface area contributed by atoms with E-state index in [2.05, 4.69) is 5.32 Å². The SMILES string of the molecule is COc1ccc(C2(C)NC(=O)N(CC(N)=S)C2=O)cc1. The van der Waals surface area contributed by atoms with Crippen molar-refractivity contribution in [2.24, 2.45) is 5.73 Å². The highest BCUT2D eigenvalue weighted by Gasteiger charge is 2.48. The van der Waals surface area contributed by atoms with Gasteiger partial charge in [-0.3, -0.25) is 9.69 Å². The second kappa shape index (κ2) is 5.09. The van der Waals surface area contributed by atoms with Gasteiger partial charge < -0.3 is 15.8 Å². The largest absolute Gasteiger partial charge is 0.497 e. The number of thiocarbonyl (C=S) groups is 1. The Labute approximate surface area is 121 Å². The normalized spacial score (nSPS) is 21.8. The van der Waals surface area contributed by atoms with E-state index in [1.54, 1.807) is 38.3 Å². The minimum atomic E-state index is -1.12. The van der Waals surface area contributed by atoms with Crippen molar-refractivity contribution in [2.45, 2.75) is 12.5 Å². The van der Waals surface area contributed by atoms with E-state index in [9.17, 15) is 9.59 Å². The summed E-state index contributed by atoms with van der Waals surface area (Å²) in [6.07, 6.45) is 0. The van der Waals surface area contributed by atoms with Crippen molar-refractivity contribution in [1.29, 1.82) is 0 Å². The lowest BCUT2D eigenvalue weighted by Crippen LogP contribution is -2.42. The average Bonchev–Trinajstić information content (AvgIpc) is 2.63. The molecule has 1 aromatic carbocycles. The van der Waals surface area contributed by atoms with Crippen LogP contribution in [0.5, 0.6) is 5.75 Å². The molecule has 0 radical (unpaired) electrons. The molecule has 0 aliphatic carbocycles. The molecule has 0 bridgehead atoms. The van der Waals surface area contributed by atoms with Crippen LogP contribution in [0, 0.1) is 0 Å². The molecule has 6 nitrogen and oxygen atoms in total. The maximum absolute atomic E-state index is 12.4. The lowest BCUT2D eigenvalue weighted by molar-refractivity contribution is -0.130. The first kappa shape index (κ1) is 14.3. The van der Waals surface area contributed by atoms with Crippen molar-refractivity contribution in [3.8, 4) is 5.75 Å². The first-order chi connectivity index (χ1) is 9.38. The lowest BCUT2D eigenvalue weighted by atomic mass is 9.92. The van der Waals surface area contributed by atoms with Crippen molar-refractivity contribution in [2.75, 3.05) is 13.7 Å². The molecule has 20 heavy (non-hydrogen) atoms. The Kier molecular flexibility index (Phi) is 3.63. The first-order valence-electron chi connectivity index (χ1n) is 5.95. The standard InChI is InChI=1S/C13H15N3O3S/c1-13(8-3-5-9(19-2)6-4-8)11(17)16(7-10(14)20)12(18)15-13/h3-6H,7H2,1-2H3,(H2,14,20)(H,15,18). The number of nitrogens with zero attached hydrogens (tertiary/aromatic N) is 1. The molecule has 0 spiro atoms. The molecule has 3 N–H and O–H groups in total. The molecule has 1 aliphatic rings. The zero-order valence-corrected chi connectivity index (χ0v) is 12.0. The molecule has 1 aromatic rings. The van der Waals surface area contributed by atoms with Gasteiger partial charge in [0.1, 0.15) is 11.3 Å². The zero-order valence-electron chi connectivity index (χ0n) is 11.2. The van der Waals surface area contributed by atoms with Gasteiger partial charge in [-0.15, -0.1) is 0 Å². The molecule has 1 fully saturated rings. The summed E-state index contributed by atoms with van der Waals surface area (Å²) in [7, 11) is 1.56. The molecular formula is C13H15N3O3S. The number of nitrogens with two attached hydrogens (primary N) is 1. The number of benzene rings is 1. The lowest BCUT2D eigenvalue weighted by Gasteiger charge is -2.22. The number of carbonyl (C=O) groups is 2. The maximum Gasteiger partial charge on any atom is 0.325 e. The van der Waals surface area contributed by atoms with E-state index in [0.717, 1.165) is 4.90 Å². The number of methoxy groups -OCH3 is 1. The molecule has 7 heteroatoms. The van der Waals surface area contributed by atoms with Crippen LogP contribution in [0.1, 0.15) is 12.5 Å². The van der Waals surface area contributed by atoms with Crippen molar-refractivity contribution >= 4 is 29.1 Å². The zero-order chi connectivity index (χ0) is 14.9. The fraction of sp³-hybridized carbons (Fsp3) is 0.308. The van der Waals surface area contributed by atoms with Crippen LogP contribution in [-0.2, 0) is 10.3 Å². The number of carbonyl (C=O) groups excluding carboxylic acids is 2. The van der Waals surface area contributed by atoms with Gasteiger partial charge in [-0.05, 0) is 24.6 Å². The smallest absolute Gasteiger partial charge is 0.325 e. The van der Waals surface area contributed by atoms with Gasteiger partial charge in [0, 0.05) is 0 Å². The van der Waals surface area contributed by atoms with Gasteiger partial charge in [-0.25, -0.2) is 4.79 Å². The van der Waals surface area contributed by atoms with Crippen molar-refractivity contribution in [3.05, 3.63) is 29.8 Å². The Balaban J connectivity index is 2.32. The Bertz CT molecular complexity index is 573. The number of nitrogens with one attached hydrogen (secondary N) is 1. The third kappa shape index (κ3) is 2.32. The van der Waals surface area contributed by atoms with E-state index in [1.807, 2.05) is 0 Å². The van der Waals surface area contributed by atoms with Gasteiger partial charge in [0.15, 0.2) is 0 Å². The molecule has 1 atom stereocenters. The van der Waals surface area contributed by atoms with Gasteiger partial charge in [0.2, 0.25) is 0 Å². The van der Waals surface area contributed by atoms with E-state index < -0.39 is 11.6 Å². The molecule has 1 aliphatic heterocycles. The summed E-state index contributed by atoms with van der Waals surface area (Å²) in [5.41, 5.74) is 4.95. The van der Waals surface area contributed by atoms with Crippen LogP contribution in [-0.4, -0.2) is 35.5 Å². The fourth-order valence-electron chi connectivity index (χ4n) is 2.12. The Morgan fingerprint density at radius 1 is 1.40 bits per heavy atom. The molecule has 1 saturated heterocycles. The molecule has 3 amide bonds. The summed E-state index contributed by atoms with van der Waals surface area (Å²) in [6.45, 7) is 1.58. The Morgan fingerprint density at radius 3 is 2.50 bits per heavy atom. The second-order valence-electron chi connectivity index (χ2n) is 4.64. The molecule has 0 saturated carbocycles. The molecule has 2 rings (SSSR count). The monoisotopic (exact) mass is 293 g/mol. The summed E-state index contributed by atoms with van der Waals surface area (Å²) in [5.74, 6) is 0.301. The number of rotatable bonds is 4. The van der Waals surface area contributed by atoms with Crippen LogP contribution in [0.4, 0.5) is 4.79 Å². The summed E-state index contributed by atoms with van der Waals surface area (Å²) in [5, 5.41) is 2.67. The molecule has 106 valence electrons. The highest BCUT2D eigenvalue weighted by atomic mass is 32.1. The minimum Gasteiger partial charge on any atom is -0.497 e. The highest BCUT2D eigenvalue weighted by molar-refractivity contribution is 7.80. The Morgan fingerprint density at radius 2 is 2.00 bits per heavy atom. The van der Waals surface area contributed by atoms with E-state index >= 15 is 0 Å². The number of ether oxygens (including phenoxy) is 1. The topological polar surface area (TPSA) is 84.7 Å². The molecule has 0 aromatic heterocycles. The third-order valence-electron chi connectivity index (χ3n) is 3.26. The predicted octanol–water partition coefficient (Wildman–Crippen LogP) is 0.748. The predicted molar refractivity (Wildman–Crippen MR) is 77.4 cm³/mol. The maximum atomic E-state index is 12.4. The molecule has 1 unspecified atom stereocenters. The highest BCUT2D eigenvalue weighted by Crippen LogP contribution is 2.29. The van der Waals surface area contributed by atoms with Gasteiger partial charge in [-0.1, -0.05) is 24.4 Å². The van der Waals surface area contributed by atoms with Crippen LogP contribution in [0.25, 0.3) is 0 Å². The van der Waals surface area contributed by atoms with Gasteiger partial charge in [0.05, 0.1) is 18.6 Å². The van der Waals surface area contributed by atoms with E-state index in [1.165, 1.54) is 0 Å². The molecular weight excluding hydrogens is 278 g/mol. The second-order valence-corrected chi connectivity index (χ2v) is 5.17. The van der Waals surface area contributed by atoms with E-state index in [0.29, 0.717) is 11.3 Å². The third-order valence-corrected chi connectivity index (χ3v) is 3.39. The number of amides is 3. The van der Waals surface area contributed by atoms with Gasteiger partial charge in [-0.2, -0.15) is 0 Å². The summed E-state index contributed by atoms with van der Waals surface area (Å²) in [4.78, 5) is 25.4. The van der Waals surface area contributed by atoms with Crippen LogP contribution in [0.15, 0.2) is 24.3 Å². The fourth-order valence-corrected chi connectivity index (χ4v) is 2.25. The van der Waals surface area contributed by atoms with Gasteiger partial charge in [0.25, 0.3) is 5.91 Å². The Hall–Kier alpha value is -2.15. The first-order valence-corrected chi connectivity index (χ1v) is 6.36. The van der Waals surface area contributed by atoms with Crippen LogP contribution in [0.3, 0.4) is 0 Å². The quantitative estimate of drug-likeness (QED) is 0.632. The van der Waals surface area contributed by atoms with Gasteiger partial charge >= 0.3 is 6.03 Å². The summed E-state index contributed by atoms with van der Waals surface area (Å²) in [6, 6.07) is 6.44. The summed E-state index contributed by atoms with van der Waals surface area (Å²) < 4.78 is 5.07.